The summed E-state index contributed by atoms with van der Waals surface area (Å²) in [6.45, 7) is 3.46. The van der Waals surface area contributed by atoms with Crippen LogP contribution in [0.3, 0.4) is 0 Å². The zero-order valence-corrected chi connectivity index (χ0v) is 12.0. The van der Waals surface area contributed by atoms with Crippen LogP contribution in [0.5, 0.6) is 0 Å². The lowest BCUT2D eigenvalue weighted by molar-refractivity contribution is 0.300. The van der Waals surface area contributed by atoms with Crippen molar-refractivity contribution in [1.29, 1.82) is 0 Å². The van der Waals surface area contributed by atoms with Crippen LogP contribution in [0.4, 0.5) is 5.69 Å². The van der Waals surface area contributed by atoms with Crippen molar-refractivity contribution in [2.24, 2.45) is 11.8 Å². The summed E-state index contributed by atoms with van der Waals surface area (Å²) in [5, 5.41) is 3.56. The molecule has 1 aromatic heterocycles. The van der Waals surface area contributed by atoms with Crippen molar-refractivity contribution < 1.29 is 4.42 Å². The number of benzene rings is 1. The molecule has 1 aliphatic carbocycles. The average Bonchev–Trinajstić information content (AvgIpc) is 3.01. The van der Waals surface area contributed by atoms with Crippen molar-refractivity contribution in [2.75, 3.05) is 11.9 Å². The van der Waals surface area contributed by atoms with Gasteiger partial charge in [-0.15, -0.1) is 0 Å². The Morgan fingerprint density at radius 3 is 2.55 bits per heavy atom. The number of aromatic nitrogens is 1. The van der Waals surface area contributed by atoms with Gasteiger partial charge in [0.1, 0.15) is 0 Å². The molecule has 0 saturated heterocycles. The highest BCUT2D eigenvalue weighted by Crippen LogP contribution is 2.28. The van der Waals surface area contributed by atoms with Crippen molar-refractivity contribution in [3.63, 3.8) is 0 Å². The maximum absolute atomic E-state index is 5.29. The first-order valence-electron chi connectivity index (χ1n) is 7.54. The Labute approximate surface area is 120 Å². The fourth-order valence-electron chi connectivity index (χ4n) is 2.91. The summed E-state index contributed by atoms with van der Waals surface area (Å²) >= 11 is 0. The molecule has 1 saturated carbocycles. The van der Waals surface area contributed by atoms with E-state index in [0.717, 1.165) is 29.7 Å². The van der Waals surface area contributed by atoms with Crippen molar-refractivity contribution in [2.45, 2.75) is 32.6 Å². The molecule has 0 radical (unpaired) electrons. The van der Waals surface area contributed by atoms with E-state index in [2.05, 4.69) is 41.5 Å². The predicted octanol–water partition coefficient (Wildman–Crippen LogP) is 4.58. The van der Waals surface area contributed by atoms with Crippen LogP contribution in [0, 0.1) is 11.8 Å². The van der Waals surface area contributed by atoms with E-state index in [1.54, 1.807) is 6.20 Å². The Morgan fingerprint density at radius 1 is 1.15 bits per heavy atom. The molecule has 0 aliphatic heterocycles. The molecule has 0 atom stereocenters. The lowest BCUT2D eigenvalue weighted by Gasteiger charge is -2.26. The van der Waals surface area contributed by atoms with Crippen LogP contribution in [0.25, 0.3) is 11.3 Å². The number of rotatable bonds is 4. The molecule has 0 bridgehead atoms. The van der Waals surface area contributed by atoms with E-state index in [-0.39, 0.29) is 0 Å². The van der Waals surface area contributed by atoms with Crippen LogP contribution in [0.15, 0.2) is 41.3 Å². The number of oxazole rings is 1. The molecule has 3 rings (SSSR count). The topological polar surface area (TPSA) is 38.1 Å². The second-order valence-electron chi connectivity index (χ2n) is 5.95. The highest BCUT2D eigenvalue weighted by Gasteiger charge is 2.17. The largest absolute Gasteiger partial charge is 0.444 e. The van der Waals surface area contributed by atoms with Gasteiger partial charge in [0, 0.05) is 17.8 Å². The average molecular weight is 270 g/mol. The molecule has 1 N–H and O–H groups in total. The monoisotopic (exact) mass is 270 g/mol. The summed E-state index contributed by atoms with van der Waals surface area (Å²) in [4.78, 5) is 3.94. The molecule has 1 fully saturated rings. The fourth-order valence-corrected chi connectivity index (χ4v) is 2.91. The number of hydrogen-bond acceptors (Lipinski definition) is 3. The van der Waals surface area contributed by atoms with Gasteiger partial charge in [-0.3, -0.25) is 0 Å². The molecule has 0 unspecified atom stereocenters. The maximum Gasteiger partial charge on any atom is 0.181 e. The van der Waals surface area contributed by atoms with Crippen LogP contribution >= 0.6 is 0 Å². The third-order valence-corrected chi connectivity index (χ3v) is 4.33. The quantitative estimate of drug-likeness (QED) is 0.883. The zero-order valence-electron chi connectivity index (χ0n) is 12.0. The smallest absolute Gasteiger partial charge is 0.181 e. The van der Waals surface area contributed by atoms with Crippen LogP contribution in [0.2, 0.25) is 0 Å². The van der Waals surface area contributed by atoms with E-state index in [1.807, 2.05) is 0 Å². The second kappa shape index (κ2) is 6.12. The van der Waals surface area contributed by atoms with Gasteiger partial charge in [0.2, 0.25) is 0 Å². The first-order chi connectivity index (χ1) is 9.81. The molecule has 2 aromatic rings. The third kappa shape index (κ3) is 3.21. The Morgan fingerprint density at radius 2 is 1.90 bits per heavy atom. The molecule has 3 nitrogen and oxygen atoms in total. The van der Waals surface area contributed by atoms with Crippen molar-refractivity contribution in [3.05, 3.63) is 36.9 Å². The summed E-state index contributed by atoms with van der Waals surface area (Å²) in [5.74, 6) is 2.57. The lowest BCUT2D eigenvalue weighted by Crippen LogP contribution is -2.20. The summed E-state index contributed by atoms with van der Waals surface area (Å²) in [7, 11) is 0. The van der Waals surface area contributed by atoms with E-state index in [9.17, 15) is 0 Å². The highest BCUT2D eigenvalue weighted by molar-refractivity contribution is 5.60. The number of hydrogen-bond donors (Lipinski definition) is 1. The number of nitrogens with one attached hydrogen (secondary N) is 1. The summed E-state index contributed by atoms with van der Waals surface area (Å²) in [6, 6.07) is 8.38. The zero-order chi connectivity index (χ0) is 13.8. The molecule has 0 amide bonds. The Balaban J connectivity index is 1.53. The van der Waals surface area contributed by atoms with Gasteiger partial charge in [-0.2, -0.15) is 0 Å². The summed E-state index contributed by atoms with van der Waals surface area (Å²) < 4.78 is 5.29. The molecular formula is C17H22N2O. The van der Waals surface area contributed by atoms with E-state index in [0.29, 0.717) is 0 Å². The predicted molar refractivity (Wildman–Crippen MR) is 81.6 cm³/mol. The first kappa shape index (κ1) is 13.2. The van der Waals surface area contributed by atoms with Gasteiger partial charge in [-0.05, 0) is 48.9 Å². The van der Waals surface area contributed by atoms with Gasteiger partial charge >= 0.3 is 0 Å². The Hall–Kier alpha value is -1.77. The van der Waals surface area contributed by atoms with Gasteiger partial charge in [-0.1, -0.05) is 19.8 Å². The lowest BCUT2D eigenvalue weighted by atomic mass is 9.83. The molecular weight excluding hydrogens is 248 g/mol. The van der Waals surface area contributed by atoms with Crippen molar-refractivity contribution in [1.82, 2.24) is 4.98 Å². The fraction of sp³-hybridized carbons (Fsp3) is 0.471. The number of nitrogens with zero attached hydrogens (tertiary/aromatic N) is 1. The second-order valence-corrected chi connectivity index (χ2v) is 5.95. The molecule has 1 aliphatic rings. The van der Waals surface area contributed by atoms with Gasteiger partial charge in [0.15, 0.2) is 12.2 Å². The van der Waals surface area contributed by atoms with Crippen molar-refractivity contribution in [3.8, 4) is 11.3 Å². The van der Waals surface area contributed by atoms with E-state index in [1.165, 1.54) is 37.8 Å². The van der Waals surface area contributed by atoms with Gasteiger partial charge in [0.25, 0.3) is 0 Å². The van der Waals surface area contributed by atoms with Crippen LogP contribution < -0.4 is 5.32 Å². The first-order valence-corrected chi connectivity index (χ1v) is 7.54. The normalized spacial score (nSPS) is 22.6. The van der Waals surface area contributed by atoms with Gasteiger partial charge in [-0.25, -0.2) is 4.98 Å². The summed E-state index contributed by atoms with van der Waals surface area (Å²) in [6.07, 6.45) is 8.71. The molecule has 3 heteroatoms. The highest BCUT2D eigenvalue weighted by atomic mass is 16.3. The number of anilines is 1. The Kier molecular flexibility index (Phi) is 4.05. The standard InChI is InChI=1S/C17H22N2O/c1-13-2-4-14(5-3-13)10-19-16-8-6-15(7-9-16)17-11-18-12-20-17/h6-9,11-14,19H,2-5,10H2,1H3. The molecule has 0 spiro atoms. The van der Waals surface area contributed by atoms with E-state index < -0.39 is 0 Å². The van der Waals surface area contributed by atoms with Crippen LogP contribution in [-0.2, 0) is 0 Å². The van der Waals surface area contributed by atoms with Crippen LogP contribution in [0.1, 0.15) is 32.6 Å². The minimum atomic E-state index is 0.817. The SMILES string of the molecule is CC1CCC(CNc2ccc(-c3cnco3)cc2)CC1. The van der Waals surface area contributed by atoms with Crippen molar-refractivity contribution >= 4 is 5.69 Å². The van der Waals surface area contributed by atoms with Crippen LogP contribution in [-0.4, -0.2) is 11.5 Å². The molecule has 1 aromatic carbocycles. The molecule has 1 heterocycles. The van der Waals surface area contributed by atoms with E-state index in [4.69, 9.17) is 4.42 Å². The van der Waals surface area contributed by atoms with E-state index >= 15 is 0 Å². The third-order valence-electron chi connectivity index (χ3n) is 4.33. The maximum atomic E-state index is 5.29. The Bertz CT molecular complexity index is 510. The minimum Gasteiger partial charge on any atom is -0.444 e. The summed E-state index contributed by atoms with van der Waals surface area (Å²) in [5.41, 5.74) is 2.26. The molecule has 106 valence electrons. The molecule has 20 heavy (non-hydrogen) atoms. The van der Waals surface area contributed by atoms with Gasteiger partial charge in [0.05, 0.1) is 6.20 Å². The minimum absolute atomic E-state index is 0.817. The van der Waals surface area contributed by atoms with Gasteiger partial charge < -0.3 is 9.73 Å².